The summed E-state index contributed by atoms with van der Waals surface area (Å²) in [7, 11) is 0. The number of carbonyl (C=O) groups excluding carboxylic acids is 2. The van der Waals surface area contributed by atoms with Crippen molar-refractivity contribution in [3.8, 4) is 5.75 Å². The lowest BCUT2D eigenvalue weighted by atomic mass is 10.1. The van der Waals surface area contributed by atoms with E-state index in [1.165, 1.54) is 6.92 Å². The van der Waals surface area contributed by atoms with Gasteiger partial charge in [0.1, 0.15) is 5.75 Å². The summed E-state index contributed by atoms with van der Waals surface area (Å²) >= 11 is 6.07. The highest BCUT2D eigenvalue weighted by Crippen LogP contribution is 2.36. The van der Waals surface area contributed by atoms with Crippen LogP contribution < -0.4 is 9.64 Å². The molecule has 5 heteroatoms. The second kappa shape index (κ2) is 9.25. The third-order valence-corrected chi connectivity index (χ3v) is 5.42. The second-order valence-corrected chi connectivity index (χ2v) is 7.82. The molecule has 0 N–H and O–H groups in total. The summed E-state index contributed by atoms with van der Waals surface area (Å²) in [6.45, 7) is 4.06. The van der Waals surface area contributed by atoms with Gasteiger partial charge in [-0.1, -0.05) is 35.9 Å². The molecule has 0 aliphatic carbocycles. The Morgan fingerprint density at radius 1 is 0.969 bits per heavy atom. The molecule has 32 heavy (non-hydrogen) atoms. The molecule has 0 bridgehead atoms. The third kappa shape index (κ3) is 4.51. The molecule has 0 saturated carbocycles. The van der Waals surface area contributed by atoms with Crippen LogP contribution in [0.4, 0.5) is 5.69 Å². The Hall–Kier alpha value is -3.63. The van der Waals surface area contributed by atoms with E-state index in [0.717, 1.165) is 22.6 Å². The Bertz CT molecular complexity index is 1210. The molecule has 4 rings (SSSR count). The van der Waals surface area contributed by atoms with Crippen molar-refractivity contribution in [2.24, 2.45) is 0 Å². The van der Waals surface area contributed by atoms with Crippen LogP contribution in [0.25, 0.3) is 11.8 Å². The summed E-state index contributed by atoms with van der Waals surface area (Å²) in [5.41, 5.74) is 4.37. The number of Topliss-reactive ketones (excluding diaryl/α,β-unsaturated/α-hetero) is 1. The maximum atomic E-state index is 13.4. The largest absolute Gasteiger partial charge is 0.494 e. The highest BCUT2D eigenvalue weighted by molar-refractivity contribution is 6.30. The predicted molar refractivity (Wildman–Crippen MR) is 129 cm³/mol. The number of benzene rings is 3. The second-order valence-electron chi connectivity index (χ2n) is 7.38. The smallest absolute Gasteiger partial charge is 0.262 e. The molecular weight excluding hydrogens is 422 g/mol. The van der Waals surface area contributed by atoms with Crippen molar-refractivity contribution >= 4 is 40.8 Å². The quantitative estimate of drug-likeness (QED) is 0.326. The summed E-state index contributed by atoms with van der Waals surface area (Å²) < 4.78 is 5.50. The maximum Gasteiger partial charge on any atom is 0.262 e. The monoisotopic (exact) mass is 443 g/mol. The fraction of sp³-hybridized carbons (Fsp3) is 0.111. The zero-order valence-corrected chi connectivity index (χ0v) is 18.6. The molecule has 1 aliphatic rings. The Labute approximate surface area is 192 Å². The van der Waals surface area contributed by atoms with Crippen LogP contribution in [0.3, 0.4) is 0 Å². The third-order valence-electron chi connectivity index (χ3n) is 5.17. The summed E-state index contributed by atoms with van der Waals surface area (Å²) in [5, 5.41) is 0.626. The van der Waals surface area contributed by atoms with Gasteiger partial charge in [-0.25, -0.2) is 0 Å². The molecule has 1 amide bonds. The van der Waals surface area contributed by atoms with E-state index in [-0.39, 0.29) is 11.7 Å². The van der Waals surface area contributed by atoms with E-state index in [1.54, 1.807) is 41.3 Å². The van der Waals surface area contributed by atoms with Crippen LogP contribution >= 0.6 is 11.6 Å². The lowest BCUT2D eigenvalue weighted by Gasteiger charge is -2.21. The van der Waals surface area contributed by atoms with E-state index >= 15 is 0 Å². The van der Waals surface area contributed by atoms with Crippen molar-refractivity contribution in [1.29, 1.82) is 0 Å². The van der Waals surface area contributed by atoms with E-state index in [0.29, 0.717) is 28.5 Å². The minimum absolute atomic E-state index is 0.0196. The van der Waals surface area contributed by atoms with E-state index in [4.69, 9.17) is 16.3 Å². The predicted octanol–water partition coefficient (Wildman–Crippen LogP) is 6.41. The van der Waals surface area contributed by atoms with Crippen LogP contribution in [-0.4, -0.2) is 18.3 Å². The van der Waals surface area contributed by atoms with E-state index in [2.05, 4.69) is 0 Å². The molecule has 0 aromatic heterocycles. The topological polar surface area (TPSA) is 46.6 Å². The van der Waals surface area contributed by atoms with Gasteiger partial charge in [0.15, 0.2) is 5.78 Å². The first-order valence-electron chi connectivity index (χ1n) is 10.3. The van der Waals surface area contributed by atoms with Gasteiger partial charge in [-0.2, -0.15) is 0 Å². The number of halogens is 1. The van der Waals surface area contributed by atoms with Crippen molar-refractivity contribution in [3.05, 3.63) is 106 Å². The van der Waals surface area contributed by atoms with Gasteiger partial charge in [0.05, 0.1) is 12.3 Å². The Balaban J connectivity index is 1.75. The molecule has 0 spiro atoms. The van der Waals surface area contributed by atoms with Gasteiger partial charge >= 0.3 is 0 Å². The average molecular weight is 444 g/mol. The molecule has 160 valence electrons. The van der Waals surface area contributed by atoms with Crippen LogP contribution in [0.2, 0.25) is 5.02 Å². The molecule has 0 fully saturated rings. The minimum atomic E-state index is -0.139. The van der Waals surface area contributed by atoms with E-state index in [9.17, 15) is 9.59 Å². The molecule has 4 nitrogen and oxygen atoms in total. The van der Waals surface area contributed by atoms with Gasteiger partial charge in [0, 0.05) is 21.8 Å². The number of ether oxygens (including phenoxy) is 1. The fourth-order valence-corrected chi connectivity index (χ4v) is 3.68. The fourth-order valence-electron chi connectivity index (χ4n) is 3.56. The zero-order chi connectivity index (χ0) is 22.7. The van der Waals surface area contributed by atoms with Gasteiger partial charge in [0.25, 0.3) is 5.91 Å². The molecule has 0 saturated heterocycles. The van der Waals surface area contributed by atoms with Crippen LogP contribution in [0, 0.1) is 0 Å². The summed E-state index contributed by atoms with van der Waals surface area (Å²) in [4.78, 5) is 26.8. The summed E-state index contributed by atoms with van der Waals surface area (Å²) in [6, 6.07) is 22.0. The first kappa shape index (κ1) is 21.6. The number of hydrogen-bond donors (Lipinski definition) is 0. The number of anilines is 1. The van der Waals surface area contributed by atoms with E-state index in [1.807, 2.05) is 55.5 Å². The SMILES string of the molecule is CCOc1ccc(/C=C2\C=C(c3ccc(Cl)cc3)N(c3ccc(C(C)=O)cc3)C2=O)cc1. The average Bonchev–Trinajstić information content (AvgIpc) is 3.11. The maximum absolute atomic E-state index is 13.4. The van der Waals surface area contributed by atoms with Crippen LogP contribution in [-0.2, 0) is 4.79 Å². The number of nitrogens with zero attached hydrogens (tertiary/aromatic N) is 1. The molecule has 3 aromatic rings. The number of rotatable bonds is 6. The van der Waals surface area contributed by atoms with Crippen molar-refractivity contribution in [3.63, 3.8) is 0 Å². The van der Waals surface area contributed by atoms with Crippen LogP contribution in [0.5, 0.6) is 5.75 Å². The highest BCUT2D eigenvalue weighted by atomic mass is 35.5. The van der Waals surface area contributed by atoms with Gasteiger partial charge in [0.2, 0.25) is 0 Å². The Morgan fingerprint density at radius 2 is 1.62 bits per heavy atom. The van der Waals surface area contributed by atoms with Gasteiger partial charge in [-0.3, -0.25) is 14.5 Å². The summed E-state index contributed by atoms with van der Waals surface area (Å²) in [5.74, 6) is 0.630. The first-order chi connectivity index (χ1) is 15.5. The van der Waals surface area contributed by atoms with Crippen molar-refractivity contribution in [2.45, 2.75) is 13.8 Å². The first-order valence-corrected chi connectivity index (χ1v) is 10.7. The normalized spacial score (nSPS) is 14.6. The highest BCUT2D eigenvalue weighted by Gasteiger charge is 2.30. The lowest BCUT2D eigenvalue weighted by Crippen LogP contribution is -2.25. The zero-order valence-electron chi connectivity index (χ0n) is 17.8. The van der Waals surface area contributed by atoms with Crippen molar-refractivity contribution < 1.29 is 14.3 Å². The Morgan fingerprint density at radius 3 is 2.22 bits per heavy atom. The van der Waals surface area contributed by atoms with E-state index < -0.39 is 0 Å². The molecule has 1 heterocycles. The summed E-state index contributed by atoms with van der Waals surface area (Å²) in [6.07, 6.45) is 3.73. The van der Waals surface area contributed by atoms with Crippen LogP contribution in [0.1, 0.15) is 35.3 Å². The molecule has 3 aromatic carbocycles. The molecular formula is C27H22ClNO3. The standard InChI is InChI=1S/C27H22ClNO3/c1-3-32-25-14-4-19(5-15-25)16-22-17-26(21-6-10-23(28)11-7-21)29(27(22)31)24-12-8-20(9-13-24)18(2)30/h4-17H,3H2,1-2H3/b22-16+. The lowest BCUT2D eigenvalue weighted by molar-refractivity contribution is -0.113. The molecule has 0 unspecified atom stereocenters. The number of hydrogen-bond acceptors (Lipinski definition) is 3. The molecule has 0 radical (unpaired) electrons. The Kier molecular flexibility index (Phi) is 6.24. The van der Waals surface area contributed by atoms with Gasteiger partial charge < -0.3 is 4.74 Å². The minimum Gasteiger partial charge on any atom is -0.494 e. The number of ketones is 1. The number of carbonyl (C=O) groups is 2. The van der Waals surface area contributed by atoms with Gasteiger partial charge in [-0.05, 0) is 85.7 Å². The van der Waals surface area contributed by atoms with Gasteiger partial charge in [-0.15, -0.1) is 0 Å². The molecule has 0 atom stereocenters. The number of amides is 1. The van der Waals surface area contributed by atoms with Crippen molar-refractivity contribution in [2.75, 3.05) is 11.5 Å². The van der Waals surface area contributed by atoms with Crippen molar-refractivity contribution in [1.82, 2.24) is 0 Å². The molecule has 1 aliphatic heterocycles. The van der Waals surface area contributed by atoms with Crippen LogP contribution in [0.15, 0.2) is 84.4 Å².